The van der Waals surface area contributed by atoms with Gasteiger partial charge < -0.3 is 4.98 Å². The van der Waals surface area contributed by atoms with Crippen LogP contribution in [0, 0.1) is 0 Å². The van der Waals surface area contributed by atoms with E-state index in [-0.39, 0.29) is 23.8 Å². The van der Waals surface area contributed by atoms with Crippen LogP contribution in [0.4, 0.5) is 13.2 Å². The summed E-state index contributed by atoms with van der Waals surface area (Å²) in [6.07, 6.45) is -4.39. The fraction of sp³-hybridized carbons (Fsp3) is 0.286. The highest BCUT2D eigenvalue weighted by atomic mass is 19.4. The summed E-state index contributed by atoms with van der Waals surface area (Å²) in [5.41, 5.74) is 5.49. The van der Waals surface area contributed by atoms with Crippen LogP contribution in [-0.2, 0) is 19.3 Å². The Morgan fingerprint density at radius 1 is 1.12 bits per heavy atom. The molecule has 1 aromatic heterocycles. The summed E-state index contributed by atoms with van der Waals surface area (Å²) in [6, 6.07) is 9.10. The normalized spacial score (nSPS) is 17.2. The second-order valence-corrected chi connectivity index (χ2v) is 7.69. The molecule has 0 amide bonds. The van der Waals surface area contributed by atoms with E-state index in [4.69, 9.17) is 0 Å². The molecule has 1 aliphatic heterocycles. The Kier molecular flexibility index (Phi) is 5.71. The number of hydrogen-bond donors (Lipinski definition) is 3. The number of Topliss-reactive ketones (excluding diaryl/α,β-unsaturated/α-hetero) is 1. The van der Waals surface area contributed by atoms with Crippen LogP contribution in [0.15, 0.2) is 52.1 Å². The molecule has 3 N–H and O–H groups in total. The summed E-state index contributed by atoms with van der Waals surface area (Å²) in [4.78, 5) is 39.6. The van der Waals surface area contributed by atoms with Crippen molar-refractivity contribution in [3.05, 3.63) is 80.0 Å². The maximum Gasteiger partial charge on any atom is 0.416 e. The Bertz CT molecular complexity index is 1280. The number of aromatic nitrogens is 2. The fourth-order valence-electron chi connectivity index (χ4n) is 3.62. The van der Waals surface area contributed by atoms with E-state index in [9.17, 15) is 27.6 Å². The molecule has 0 saturated carbocycles. The standard InChI is InChI=1S/C21H20F3N5O3/c1-12(30)14-4-7-18-17(8-14)19(31)29(20(32)25-18)11-16-10-28(27-26-16)9-13-2-5-15(6-3-13)21(22,23)24/h2-8,16,26-27H,9-11H2,1H3,(H,25,32). The predicted octanol–water partition coefficient (Wildman–Crippen LogP) is 1.80. The summed E-state index contributed by atoms with van der Waals surface area (Å²) in [5.74, 6) is -0.190. The van der Waals surface area contributed by atoms with Crippen LogP contribution in [0.25, 0.3) is 10.9 Å². The van der Waals surface area contributed by atoms with E-state index in [2.05, 4.69) is 15.9 Å². The van der Waals surface area contributed by atoms with Crippen molar-refractivity contribution in [1.29, 1.82) is 0 Å². The van der Waals surface area contributed by atoms with E-state index in [0.29, 0.717) is 29.7 Å². The first kappa shape index (κ1) is 21.9. The van der Waals surface area contributed by atoms with Crippen LogP contribution in [-0.4, -0.2) is 32.9 Å². The van der Waals surface area contributed by atoms with Gasteiger partial charge in [0.2, 0.25) is 0 Å². The second-order valence-electron chi connectivity index (χ2n) is 7.69. The summed E-state index contributed by atoms with van der Waals surface area (Å²) >= 11 is 0. The lowest BCUT2D eigenvalue weighted by atomic mass is 10.1. The number of nitrogens with zero attached hydrogens (tertiary/aromatic N) is 2. The molecule has 2 aromatic carbocycles. The number of aromatic amines is 1. The van der Waals surface area contributed by atoms with Gasteiger partial charge in [0.25, 0.3) is 5.56 Å². The molecule has 1 atom stereocenters. The van der Waals surface area contributed by atoms with Crippen LogP contribution in [0.1, 0.15) is 28.4 Å². The van der Waals surface area contributed by atoms with Gasteiger partial charge in [0, 0.05) is 25.2 Å². The van der Waals surface area contributed by atoms with E-state index in [1.54, 1.807) is 11.1 Å². The molecule has 0 bridgehead atoms. The first-order valence-electron chi connectivity index (χ1n) is 9.82. The van der Waals surface area contributed by atoms with E-state index >= 15 is 0 Å². The first-order valence-corrected chi connectivity index (χ1v) is 9.82. The van der Waals surface area contributed by atoms with Crippen molar-refractivity contribution in [2.24, 2.45) is 0 Å². The number of fused-ring (bicyclic) bond motifs is 1. The largest absolute Gasteiger partial charge is 0.416 e. The van der Waals surface area contributed by atoms with Gasteiger partial charge in [0.05, 0.1) is 22.5 Å². The quantitative estimate of drug-likeness (QED) is 0.516. The Labute approximate surface area is 179 Å². The summed E-state index contributed by atoms with van der Waals surface area (Å²) in [6.45, 7) is 2.18. The molecule has 0 radical (unpaired) electrons. The van der Waals surface area contributed by atoms with Gasteiger partial charge in [0.15, 0.2) is 5.78 Å². The lowest BCUT2D eigenvalue weighted by Crippen LogP contribution is -2.43. The van der Waals surface area contributed by atoms with Gasteiger partial charge in [0.1, 0.15) is 0 Å². The highest BCUT2D eigenvalue weighted by Crippen LogP contribution is 2.29. The van der Waals surface area contributed by atoms with Gasteiger partial charge in [-0.2, -0.15) is 18.7 Å². The number of hydrogen-bond acceptors (Lipinski definition) is 6. The Hall–Kier alpha value is -3.28. The van der Waals surface area contributed by atoms with Crippen molar-refractivity contribution >= 4 is 16.7 Å². The zero-order valence-corrected chi connectivity index (χ0v) is 17.0. The molecule has 1 aliphatic rings. The van der Waals surface area contributed by atoms with Crippen LogP contribution in [0.2, 0.25) is 0 Å². The molecular formula is C21H20F3N5O3. The molecule has 1 unspecified atom stereocenters. The van der Waals surface area contributed by atoms with Gasteiger partial charge >= 0.3 is 11.9 Å². The zero-order valence-electron chi connectivity index (χ0n) is 17.0. The topological polar surface area (TPSA) is 99.2 Å². The number of nitrogens with one attached hydrogen (secondary N) is 3. The van der Waals surface area contributed by atoms with Gasteiger partial charge in [-0.3, -0.25) is 14.2 Å². The van der Waals surface area contributed by atoms with E-state index < -0.39 is 23.0 Å². The van der Waals surface area contributed by atoms with E-state index in [1.165, 1.54) is 31.2 Å². The average Bonchev–Trinajstić information content (AvgIpc) is 3.17. The molecule has 2 heterocycles. The minimum Gasteiger partial charge on any atom is -0.307 e. The van der Waals surface area contributed by atoms with Crippen LogP contribution in [0.5, 0.6) is 0 Å². The third kappa shape index (κ3) is 4.49. The minimum atomic E-state index is -4.39. The number of alkyl halides is 3. The Morgan fingerprint density at radius 2 is 1.84 bits per heavy atom. The second kappa shape index (κ2) is 8.34. The maximum atomic E-state index is 12.9. The van der Waals surface area contributed by atoms with Crippen molar-refractivity contribution in [3.8, 4) is 0 Å². The van der Waals surface area contributed by atoms with Crippen LogP contribution in [0.3, 0.4) is 0 Å². The van der Waals surface area contributed by atoms with Crippen molar-refractivity contribution in [3.63, 3.8) is 0 Å². The number of carbonyl (C=O) groups excluding carboxylic acids is 1. The molecule has 0 aliphatic carbocycles. The average molecular weight is 447 g/mol. The highest BCUT2D eigenvalue weighted by Gasteiger charge is 2.30. The molecule has 11 heteroatoms. The maximum absolute atomic E-state index is 12.9. The molecule has 1 saturated heterocycles. The Morgan fingerprint density at radius 3 is 2.50 bits per heavy atom. The lowest BCUT2D eigenvalue weighted by Gasteiger charge is -2.15. The molecule has 3 aromatic rings. The number of halogens is 3. The predicted molar refractivity (Wildman–Crippen MR) is 111 cm³/mol. The van der Waals surface area contributed by atoms with Gasteiger partial charge in [-0.1, -0.05) is 12.1 Å². The zero-order chi connectivity index (χ0) is 23.0. The molecule has 32 heavy (non-hydrogen) atoms. The third-order valence-corrected chi connectivity index (χ3v) is 5.31. The summed E-state index contributed by atoms with van der Waals surface area (Å²) in [7, 11) is 0. The van der Waals surface area contributed by atoms with Crippen LogP contribution < -0.4 is 22.2 Å². The van der Waals surface area contributed by atoms with Crippen molar-refractivity contribution in [1.82, 2.24) is 25.5 Å². The number of carbonyl (C=O) groups is 1. The molecule has 4 rings (SSSR count). The molecule has 0 spiro atoms. The van der Waals surface area contributed by atoms with Crippen molar-refractivity contribution in [2.75, 3.05) is 6.54 Å². The monoisotopic (exact) mass is 447 g/mol. The van der Waals surface area contributed by atoms with Gasteiger partial charge in [-0.25, -0.2) is 15.2 Å². The van der Waals surface area contributed by atoms with E-state index in [1.807, 2.05) is 0 Å². The van der Waals surface area contributed by atoms with Gasteiger partial charge in [-0.05, 0) is 42.8 Å². The minimum absolute atomic E-state index is 0.0604. The lowest BCUT2D eigenvalue weighted by molar-refractivity contribution is -0.137. The highest BCUT2D eigenvalue weighted by molar-refractivity contribution is 5.97. The fourth-order valence-corrected chi connectivity index (χ4v) is 3.62. The summed E-state index contributed by atoms with van der Waals surface area (Å²) < 4.78 is 39.2. The molecule has 168 valence electrons. The number of ketones is 1. The Balaban J connectivity index is 1.48. The smallest absolute Gasteiger partial charge is 0.307 e. The molecule has 8 nitrogen and oxygen atoms in total. The van der Waals surface area contributed by atoms with Crippen LogP contribution >= 0.6 is 0 Å². The van der Waals surface area contributed by atoms with E-state index in [0.717, 1.165) is 16.7 Å². The number of hydrazine groups is 2. The van der Waals surface area contributed by atoms with Crippen molar-refractivity contribution in [2.45, 2.75) is 32.2 Å². The number of H-pyrrole nitrogens is 1. The SMILES string of the molecule is CC(=O)c1ccc2[nH]c(=O)n(CC3CN(Cc4ccc(C(F)(F)F)cc4)NN3)c(=O)c2c1. The van der Waals surface area contributed by atoms with Gasteiger partial charge in [-0.15, -0.1) is 0 Å². The number of rotatable bonds is 5. The summed E-state index contributed by atoms with van der Waals surface area (Å²) in [5, 5.41) is 1.98. The molecule has 1 fully saturated rings. The molecular weight excluding hydrogens is 427 g/mol. The number of benzene rings is 2. The first-order chi connectivity index (χ1) is 15.1. The van der Waals surface area contributed by atoms with Crippen molar-refractivity contribution < 1.29 is 18.0 Å². The third-order valence-electron chi connectivity index (χ3n) is 5.31.